The van der Waals surface area contributed by atoms with E-state index in [0.717, 1.165) is 62.5 Å². The molecule has 200 valence electrons. The third-order valence-corrected chi connectivity index (χ3v) is 8.74. The van der Waals surface area contributed by atoms with Gasteiger partial charge in [0.15, 0.2) is 12.2 Å². The summed E-state index contributed by atoms with van der Waals surface area (Å²) in [5.74, 6) is 0.742. The van der Waals surface area contributed by atoms with Gasteiger partial charge in [-0.15, -0.1) is 0 Å². The summed E-state index contributed by atoms with van der Waals surface area (Å²) < 4.78 is 12.6. The van der Waals surface area contributed by atoms with E-state index in [-0.39, 0.29) is 29.2 Å². The van der Waals surface area contributed by atoms with Crippen molar-refractivity contribution in [3.05, 3.63) is 71.8 Å². The lowest BCUT2D eigenvalue weighted by Gasteiger charge is -2.35. The normalized spacial score (nSPS) is 23.7. The SMILES string of the molecule is CC(C)C1CCC(C(=O)OC(c2ccccc2)[C@H](OC(=O)C2CCC(C)(C)CC2)c2ccccc2)CC1. The van der Waals surface area contributed by atoms with Gasteiger partial charge in [0, 0.05) is 0 Å². The Balaban J connectivity index is 1.57. The van der Waals surface area contributed by atoms with Crippen LogP contribution in [-0.2, 0) is 19.1 Å². The van der Waals surface area contributed by atoms with Gasteiger partial charge < -0.3 is 9.47 Å². The standard InChI is InChI=1S/C33H44O4/c1-23(2)24-15-17-27(18-16-24)31(34)36-29(25-11-7-5-8-12-25)30(26-13-9-6-10-14-26)37-32(35)28-19-21-33(3,4)22-20-28/h5-14,23-24,27-30H,15-22H2,1-4H3/t24?,27?,29?,30-/m1/s1. The van der Waals surface area contributed by atoms with E-state index < -0.39 is 12.2 Å². The molecule has 0 spiro atoms. The average molecular weight is 505 g/mol. The largest absolute Gasteiger partial charge is 0.453 e. The molecule has 0 bridgehead atoms. The molecule has 0 amide bonds. The third-order valence-electron chi connectivity index (χ3n) is 8.74. The Kier molecular flexibility index (Phi) is 9.10. The van der Waals surface area contributed by atoms with Gasteiger partial charge in [0.05, 0.1) is 11.8 Å². The molecule has 2 saturated carbocycles. The molecular weight excluding hydrogens is 460 g/mol. The third kappa shape index (κ3) is 7.24. The van der Waals surface area contributed by atoms with Crippen molar-refractivity contribution < 1.29 is 19.1 Å². The van der Waals surface area contributed by atoms with Crippen molar-refractivity contribution in [2.45, 2.75) is 91.3 Å². The summed E-state index contributed by atoms with van der Waals surface area (Å²) in [5, 5.41) is 0. The zero-order valence-corrected chi connectivity index (χ0v) is 23.0. The quantitative estimate of drug-likeness (QED) is 0.340. The van der Waals surface area contributed by atoms with Crippen LogP contribution in [-0.4, -0.2) is 11.9 Å². The van der Waals surface area contributed by atoms with Gasteiger partial charge in [0.2, 0.25) is 0 Å². The Hall–Kier alpha value is -2.62. The van der Waals surface area contributed by atoms with E-state index in [4.69, 9.17) is 9.47 Å². The predicted octanol–water partition coefficient (Wildman–Crippen LogP) is 8.23. The maximum Gasteiger partial charge on any atom is 0.309 e. The molecule has 0 aromatic heterocycles. The minimum atomic E-state index is -0.693. The van der Waals surface area contributed by atoms with E-state index >= 15 is 0 Å². The lowest BCUT2D eigenvalue weighted by atomic mass is 9.73. The van der Waals surface area contributed by atoms with Crippen LogP contribution in [0.15, 0.2) is 60.7 Å². The highest BCUT2D eigenvalue weighted by Gasteiger charge is 2.38. The zero-order chi connectivity index (χ0) is 26.4. The minimum absolute atomic E-state index is 0.103. The van der Waals surface area contributed by atoms with Gasteiger partial charge in [0.25, 0.3) is 0 Å². The highest BCUT2D eigenvalue weighted by atomic mass is 16.6. The molecule has 1 unspecified atom stereocenters. The van der Waals surface area contributed by atoms with Crippen LogP contribution < -0.4 is 0 Å². The van der Waals surface area contributed by atoms with Crippen LogP contribution >= 0.6 is 0 Å². The Morgan fingerprint density at radius 2 is 1.08 bits per heavy atom. The van der Waals surface area contributed by atoms with E-state index in [0.29, 0.717) is 11.8 Å². The van der Waals surface area contributed by atoms with E-state index in [1.165, 1.54) is 0 Å². The Bertz CT molecular complexity index is 995. The molecule has 2 aliphatic carbocycles. The summed E-state index contributed by atoms with van der Waals surface area (Å²) in [4.78, 5) is 26.9. The van der Waals surface area contributed by atoms with Crippen LogP contribution in [0.25, 0.3) is 0 Å². The summed E-state index contributed by atoms with van der Waals surface area (Å²) in [5.41, 5.74) is 1.96. The molecule has 0 N–H and O–H groups in total. The topological polar surface area (TPSA) is 52.6 Å². The molecular formula is C33H44O4. The molecule has 2 aliphatic rings. The molecule has 0 radical (unpaired) electrons. The first-order valence-corrected chi connectivity index (χ1v) is 14.2. The maximum absolute atomic E-state index is 13.5. The summed E-state index contributed by atoms with van der Waals surface area (Å²) in [6, 6.07) is 19.5. The summed E-state index contributed by atoms with van der Waals surface area (Å²) in [7, 11) is 0. The summed E-state index contributed by atoms with van der Waals surface area (Å²) >= 11 is 0. The molecule has 2 aromatic carbocycles. The van der Waals surface area contributed by atoms with Gasteiger partial charge in [-0.05, 0) is 79.7 Å². The van der Waals surface area contributed by atoms with E-state index in [1.54, 1.807) is 0 Å². The highest BCUT2D eigenvalue weighted by Crippen LogP contribution is 2.42. The molecule has 4 nitrogen and oxygen atoms in total. The Morgan fingerprint density at radius 1 is 0.676 bits per heavy atom. The number of carbonyl (C=O) groups is 2. The van der Waals surface area contributed by atoms with Crippen molar-refractivity contribution in [2.24, 2.45) is 29.1 Å². The minimum Gasteiger partial charge on any atom is -0.453 e. The van der Waals surface area contributed by atoms with Crippen molar-refractivity contribution in [2.75, 3.05) is 0 Å². The second kappa shape index (κ2) is 12.3. The Labute approximate surface area is 223 Å². The fourth-order valence-electron chi connectivity index (χ4n) is 5.99. The molecule has 0 heterocycles. The van der Waals surface area contributed by atoms with E-state index in [9.17, 15) is 9.59 Å². The van der Waals surface area contributed by atoms with E-state index in [2.05, 4.69) is 27.7 Å². The molecule has 37 heavy (non-hydrogen) atoms. The van der Waals surface area contributed by atoms with Gasteiger partial charge in [0.1, 0.15) is 0 Å². The molecule has 2 atom stereocenters. The molecule has 2 fully saturated rings. The van der Waals surface area contributed by atoms with Crippen LogP contribution in [0.3, 0.4) is 0 Å². The van der Waals surface area contributed by atoms with Crippen LogP contribution in [0, 0.1) is 29.1 Å². The van der Waals surface area contributed by atoms with Crippen molar-refractivity contribution in [1.82, 2.24) is 0 Å². The van der Waals surface area contributed by atoms with Crippen LogP contribution in [0.4, 0.5) is 0 Å². The number of benzene rings is 2. The number of rotatable bonds is 8. The van der Waals surface area contributed by atoms with Crippen molar-refractivity contribution in [1.29, 1.82) is 0 Å². The molecule has 0 saturated heterocycles. The van der Waals surface area contributed by atoms with Crippen molar-refractivity contribution in [3.8, 4) is 0 Å². The van der Waals surface area contributed by atoms with Gasteiger partial charge in [-0.2, -0.15) is 0 Å². The van der Waals surface area contributed by atoms with Crippen molar-refractivity contribution >= 4 is 11.9 Å². The first kappa shape index (κ1) is 27.4. The van der Waals surface area contributed by atoms with Crippen LogP contribution in [0.2, 0.25) is 0 Å². The number of carbonyl (C=O) groups excluding carboxylic acids is 2. The van der Waals surface area contributed by atoms with Gasteiger partial charge in [-0.25, -0.2) is 0 Å². The van der Waals surface area contributed by atoms with Crippen LogP contribution in [0.5, 0.6) is 0 Å². The summed E-state index contributed by atoms with van der Waals surface area (Å²) in [6.07, 6.45) is 6.14. The monoisotopic (exact) mass is 504 g/mol. The number of ether oxygens (including phenoxy) is 2. The molecule has 0 aliphatic heterocycles. The van der Waals surface area contributed by atoms with Crippen molar-refractivity contribution in [3.63, 3.8) is 0 Å². The summed E-state index contributed by atoms with van der Waals surface area (Å²) in [6.45, 7) is 9.06. The molecule has 2 aromatic rings. The average Bonchev–Trinajstić information content (AvgIpc) is 2.91. The number of hydrogen-bond acceptors (Lipinski definition) is 4. The Morgan fingerprint density at radius 3 is 1.49 bits per heavy atom. The number of hydrogen-bond donors (Lipinski definition) is 0. The molecule has 4 rings (SSSR count). The van der Waals surface area contributed by atoms with Gasteiger partial charge in [-0.1, -0.05) is 88.4 Å². The number of esters is 2. The second-order valence-electron chi connectivity index (χ2n) is 12.3. The zero-order valence-electron chi connectivity index (χ0n) is 23.0. The molecule has 4 heteroatoms. The van der Waals surface area contributed by atoms with Gasteiger partial charge in [-0.3, -0.25) is 9.59 Å². The van der Waals surface area contributed by atoms with Gasteiger partial charge >= 0.3 is 11.9 Å². The fourth-order valence-corrected chi connectivity index (χ4v) is 5.99. The lowest BCUT2D eigenvalue weighted by molar-refractivity contribution is -0.177. The van der Waals surface area contributed by atoms with Crippen LogP contribution in [0.1, 0.15) is 102 Å². The lowest BCUT2D eigenvalue weighted by Crippen LogP contribution is -2.32. The first-order valence-electron chi connectivity index (χ1n) is 14.2. The first-order chi connectivity index (χ1) is 17.7. The predicted molar refractivity (Wildman–Crippen MR) is 147 cm³/mol. The highest BCUT2D eigenvalue weighted by molar-refractivity contribution is 5.74. The second-order valence-corrected chi connectivity index (χ2v) is 12.3. The van der Waals surface area contributed by atoms with E-state index in [1.807, 2.05) is 60.7 Å². The fraction of sp³-hybridized carbons (Fsp3) is 0.576. The smallest absolute Gasteiger partial charge is 0.309 e. The maximum atomic E-state index is 13.5.